The fourth-order valence-corrected chi connectivity index (χ4v) is 3.25. The molecular weight excluding hydrogens is 362 g/mol. The Kier molecular flexibility index (Phi) is 5.66. The molecule has 0 saturated heterocycles. The molecule has 27 heavy (non-hydrogen) atoms. The predicted octanol–water partition coefficient (Wildman–Crippen LogP) is 3.02. The second-order valence-corrected chi connectivity index (χ2v) is 6.90. The van der Waals surface area contributed by atoms with Gasteiger partial charge in [-0.25, -0.2) is 4.68 Å². The zero-order chi connectivity index (χ0) is 19.4. The van der Waals surface area contributed by atoms with Gasteiger partial charge >= 0.3 is 0 Å². The molecule has 1 aromatic heterocycles. The first-order chi connectivity index (χ1) is 13.0. The Bertz CT molecular complexity index is 970. The number of rotatable bonds is 6. The second-order valence-electron chi connectivity index (χ2n) is 5.96. The van der Waals surface area contributed by atoms with Crippen LogP contribution in [0.1, 0.15) is 11.1 Å². The lowest BCUT2D eigenvalue weighted by molar-refractivity contribution is -0.113. The van der Waals surface area contributed by atoms with E-state index >= 15 is 0 Å². The number of nitrogens with zero attached hydrogens (tertiary/aromatic N) is 3. The quantitative estimate of drug-likeness (QED) is 0.502. The topological polar surface area (TPSA) is 95.1 Å². The summed E-state index contributed by atoms with van der Waals surface area (Å²) in [4.78, 5) is 12.3. The van der Waals surface area contributed by atoms with E-state index in [0.29, 0.717) is 16.7 Å². The highest BCUT2D eigenvalue weighted by Crippen LogP contribution is 2.29. The van der Waals surface area contributed by atoms with Crippen LogP contribution in [0.15, 0.2) is 47.6 Å². The minimum Gasteiger partial charge on any atom is -0.496 e. The van der Waals surface area contributed by atoms with Crippen LogP contribution in [0.2, 0.25) is 0 Å². The Morgan fingerprint density at radius 2 is 1.96 bits per heavy atom. The number of nitrogen functional groups attached to an aromatic ring is 1. The molecule has 0 atom stereocenters. The van der Waals surface area contributed by atoms with Gasteiger partial charge in [0.25, 0.3) is 0 Å². The summed E-state index contributed by atoms with van der Waals surface area (Å²) in [5.41, 5.74) is 3.73. The van der Waals surface area contributed by atoms with Gasteiger partial charge in [0.1, 0.15) is 5.75 Å². The number of aromatic nitrogens is 3. The Morgan fingerprint density at radius 3 is 2.74 bits per heavy atom. The van der Waals surface area contributed by atoms with Crippen LogP contribution >= 0.6 is 11.8 Å². The van der Waals surface area contributed by atoms with Crippen molar-refractivity contribution in [2.75, 3.05) is 24.0 Å². The van der Waals surface area contributed by atoms with Crippen molar-refractivity contribution < 1.29 is 9.53 Å². The van der Waals surface area contributed by atoms with Crippen LogP contribution in [0.3, 0.4) is 0 Å². The summed E-state index contributed by atoms with van der Waals surface area (Å²) in [7, 11) is 1.59. The lowest BCUT2D eigenvalue weighted by Gasteiger charge is -2.10. The molecule has 140 valence electrons. The maximum Gasteiger partial charge on any atom is 0.234 e. The van der Waals surface area contributed by atoms with Crippen LogP contribution in [-0.4, -0.2) is 33.6 Å². The van der Waals surface area contributed by atoms with E-state index in [1.807, 2.05) is 56.3 Å². The smallest absolute Gasteiger partial charge is 0.234 e. The minimum atomic E-state index is -0.129. The van der Waals surface area contributed by atoms with Crippen molar-refractivity contribution in [1.29, 1.82) is 0 Å². The third kappa shape index (κ3) is 4.06. The Hall–Kier alpha value is -3.00. The lowest BCUT2D eigenvalue weighted by atomic mass is 10.1. The van der Waals surface area contributed by atoms with E-state index < -0.39 is 0 Å². The zero-order valence-corrected chi connectivity index (χ0v) is 16.2. The van der Waals surface area contributed by atoms with Crippen molar-refractivity contribution in [2.24, 2.45) is 0 Å². The first kappa shape index (κ1) is 18.8. The number of ether oxygens (including phenoxy) is 1. The Labute approximate surface area is 161 Å². The van der Waals surface area contributed by atoms with Crippen LogP contribution in [0, 0.1) is 13.8 Å². The fourth-order valence-electron chi connectivity index (χ4n) is 2.59. The summed E-state index contributed by atoms with van der Waals surface area (Å²) in [5.74, 6) is 7.30. The van der Waals surface area contributed by atoms with Crippen molar-refractivity contribution in [1.82, 2.24) is 14.9 Å². The number of benzene rings is 2. The summed E-state index contributed by atoms with van der Waals surface area (Å²) < 4.78 is 6.71. The van der Waals surface area contributed by atoms with Gasteiger partial charge in [-0.05, 0) is 43.2 Å². The first-order valence-corrected chi connectivity index (χ1v) is 9.32. The molecule has 0 unspecified atom stereocenters. The molecule has 2 aromatic carbocycles. The van der Waals surface area contributed by atoms with E-state index in [1.54, 1.807) is 7.11 Å². The maximum absolute atomic E-state index is 12.3. The van der Waals surface area contributed by atoms with Crippen LogP contribution in [0.5, 0.6) is 5.75 Å². The SMILES string of the molecule is COc1ccccc1-c1nnc(SCC(=O)Nc2cccc(C)c2C)n1N. The van der Waals surface area contributed by atoms with Crippen LogP contribution < -0.4 is 15.9 Å². The summed E-state index contributed by atoms with van der Waals surface area (Å²) in [5, 5.41) is 11.6. The van der Waals surface area contributed by atoms with E-state index in [0.717, 1.165) is 22.4 Å². The van der Waals surface area contributed by atoms with Gasteiger partial charge in [0.2, 0.25) is 11.1 Å². The molecule has 0 aliphatic heterocycles. The highest BCUT2D eigenvalue weighted by Gasteiger charge is 2.17. The lowest BCUT2D eigenvalue weighted by Crippen LogP contribution is -2.17. The van der Waals surface area contributed by atoms with E-state index in [9.17, 15) is 4.79 Å². The van der Waals surface area contributed by atoms with E-state index in [4.69, 9.17) is 10.6 Å². The number of aryl methyl sites for hydroxylation is 1. The number of amides is 1. The maximum atomic E-state index is 12.3. The number of anilines is 1. The minimum absolute atomic E-state index is 0.129. The average Bonchev–Trinajstić information content (AvgIpc) is 3.04. The molecular formula is C19H21N5O2S. The largest absolute Gasteiger partial charge is 0.496 e. The molecule has 1 amide bonds. The summed E-state index contributed by atoms with van der Waals surface area (Å²) in [6.45, 7) is 3.99. The standard InChI is InChI=1S/C19H21N5O2S/c1-12-7-6-9-15(13(12)2)21-17(25)11-27-19-23-22-18(24(19)20)14-8-4-5-10-16(14)26-3/h4-10H,11,20H2,1-3H3,(H,21,25). The average molecular weight is 383 g/mol. The molecule has 3 rings (SSSR count). The van der Waals surface area contributed by atoms with Gasteiger partial charge in [0.05, 0.1) is 18.4 Å². The molecule has 0 aliphatic carbocycles. The van der Waals surface area contributed by atoms with Gasteiger partial charge in [-0.3, -0.25) is 4.79 Å². The zero-order valence-electron chi connectivity index (χ0n) is 15.4. The molecule has 1 heterocycles. The number of carbonyl (C=O) groups is 1. The highest BCUT2D eigenvalue weighted by atomic mass is 32.2. The number of para-hydroxylation sites is 1. The molecule has 0 fully saturated rings. The molecule has 3 aromatic rings. The number of hydrogen-bond donors (Lipinski definition) is 2. The Balaban J connectivity index is 1.69. The number of nitrogens with two attached hydrogens (primary N) is 1. The van der Waals surface area contributed by atoms with Gasteiger partial charge < -0.3 is 15.9 Å². The van der Waals surface area contributed by atoms with Gasteiger partial charge in [0.15, 0.2) is 5.82 Å². The molecule has 8 heteroatoms. The summed E-state index contributed by atoms with van der Waals surface area (Å²) in [6.07, 6.45) is 0. The fraction of sp³-hybridized carbons (Fsp3) is 0.211. The van der Waals surface area contributed by atoms with Crippen molar-refractivity contribution in [2.45, 2.75) is 19.0 Å². The van der Waals surface area contributed by atoms with Gasteiger partial charge in [-0.2, -0.15) is 0 Å². The van der Waals surface area contributed by atoms with E-state index in [2.05, 4.69) is 15.5 Å². The normalized spacial score (nSPS) is 10.6. The van der Waals surface area contributed by atoms with Crippen molar-refractivity contribution in [3.8, 4) is 17.1 Å². The monoisotopic (exact) mass is 383 g/mol. The highest BCUT2D eigenvalue weighted by molar-refractivity contribution is 7.99. The molecule has 0 spiro atoms. The third-order valence-corrected chi connectivity index (χ3v) is 5.17. The van der Waals surface area contributed by atoms with Gasteiger partial charge in [-0.15, -0.1) is 10.2 Å². The van der Waals surface area contributed by atoms with Crippen LogP contribution in [0.4, 0.5) is 5.69 Å². The number of hydrogen-bond acceptors (Lipinski definition) is 6. The number of thioether (sulfide) groups is 1. The van der Waals surface area contributed by atoms with Crippen LogP contribution in [-0.2, 0) is 4.79 Å². The Morgan fingerprint density at radius 1 is 1.19 bits per heavy atom. The second kappa shape index (κ2) is 8.13. The summed E-state index contributed by atoms with van der Waals surface area (Å²) in [6, 6.07) is 13.2. The molecule has 3 N–H and O–H groups in total. The molecule has 0 bridgehead atoms. The summed E-state index contributed by atoms with van der Waals surface area (Å²) >= 11 is 1.22. The molecule has 0 radical (unpaired) electrons. The van der Waals surface area contributed by atoms with Gasteiger partial charge in [0, 0.05) is 5.69 Å². The third-order valence-electron chi connectivity index (χ3n) is 4.22. The number of nitrogens with one attached hydrogen (secondary N) is 1. The number of carbonyl (C=O) groups excluding carboxylic acids is 1. The van der Waals surface area contributed by atoms with E-state index in [1.165, 1.54) is 16.4 Å². The van der Waals surface area contributed by atoms with Crippen molar-refractivity contribution >= 4 is 23.4 Å². The predicted molar refractivity (Wildman–Crippen MR) is 107 cm³/mol. The number of methoxy groups -OCH3 is 1. The van der Waals surface area contributed by atoms with Gasteiger partial charge in [-0.1, -0.05) is 36.0 Å². The van der Waals surface area contributed by atoms with Crippen molar-refractivity contribution in [3.05, 3.63) is 53.6 Å². The molecule has 7 nitrogen and oxygen atoms in total. The van der Waals surface area contributed by atoms with Crippen molar-refractivity contribution in [3.63, 3.8) is 0 Å². The van der Waals surface area contributed by atoms with Crippen LogP contribution in [0.25, 0.3) is 11.4 Å². The van der Waals surface area contributed by atoms with E-state index in [-0.39, 0.29) is 11.7 Å². The molecule has 0 aliphatic rings. The first-order valence-electron chi connectivity index (χ1n) is 8.34. The molecule has 0 saturated carbocycles.